The van der Waals surface area contributed by atoms with Gasteiger partial charge >= 0.3 is 0 Å². The second-order valence-corrected chi connectivity index (χ2v) is 9.33. The Bertz CT molecular complexity index is 668. The van der Waals surface area contributed by atoms with Gasteiger partial charge in [-0.3, -0.25) is 29.0 Å². The van der Waals surface area contributed by atoms with Crippen LogP contribution in [0.1, 0.15) is 97.3 Å². The Kier molecular flexibility index (Phi) is 12.1. The molecule has 0 bridgehead atoms. The monoisotopic (exact) mass is 458 g/mol. The molecule has 0 saturated carbocycles. The third-order valence-corrected chi connectivity index (χ3v) is 6.56. The van der Waals surface area contributed by atoms with Gasteiger partial charge in [-0.15, -0.1) is 0 Å². The maximum absolute atomic E-state index is 12.6. The number of carbonyl (C=O) groups is 4. The van der Waals surface area contributed by atoms with E-state index in [0.717, 1.165) is 25.7 Å². The number of hydrogen-bond donors (Lipinski definition) is 0. The van der Waals surface area contributed by atoms with Crippen LogP contribution >= 0.6 is 0 Å². The van der Waals surface area contributed by atoms with E-state index in [4.69, 9.17) is 0 Å². The first-order valence-corrected chi connectivity index (χ1v) is 13.0. The molecule has 6 nitrogen and oxygen atoms in total. The van der Waals surface area contributed by atoms with Gasteiger partial charge in [0.1, 0.15) is 0 Å². The van der Waals surface area contributed by atoms with E-state index in [1.807, 2.05) is 12.2 Å². The van der Waals surface area contributed by atoms with E-state index in [0.29, 0.717) is 19.3 Å². The fraction of sp³-hybridized carbons (Fsp3) is 0.704. The van der Waals surface area contributed by atoms with Crippen LogP contribution in [0, 0.1) is 11.8 Å². The van der Waals surface area contributed by atoms with Crippen LogP contribution in [0.15, 0.2) is 24.3 Å². The smallest absolute Gasteiger partial charge is 0.233 e. The quantitative estimate of drug-likeness (QED) is 0.181. The van der Waals surface area contributed by atoms with Gasteiger partial charge in [0.05, 0.1) is 11.8 Å². The zero-order chi connectivity index (χ0) is 24.1. The zero-order valence-corrected chi connectivity index (χ0v) is 20.6. The third-order valence-electron chi connectivity index (χ3n) is 6.56. The van der Waals surface area contributed by atoms with E-state index in [1.165, 1.54) is 35.5 Å². The van der Waals surface area contributed by atoms with Gasteiger partial charge in [-0.1, -0.05) is 63.8 Å². The van der Waals surface area contributed by atoms with Crippen LogP contribution < -0.4 is 0 Å². The molecule has 184 valence electrons. The lowest BCUT2D eigenvalue weighted by molar-refractivity contribution is -0.139. The molecule has 2 atom stereocenters. The normalized spacial score (nSPS) is 21.6. The van der Waals surface area contributed by atoms with E-state index in [9.17, 15) is 19.2 Å². The Balaban J connectivity index is 1.72. The summed E-state index contributed by atoms with van der Waals surface area (Å²) in [4.78, 5) is 52.5. The fourth-order valence-corrected chi connectivity index (χ4v) is 4.51. The first-order valence-electron chi connectivity index (χ1n) is 13.0. The van der Waals surface area contributed by atoms with Gasteiger partial charge in [0.2, 0.25) is 23.6 Å². The largest absolute Gasteiger partial charge is 0.282 e. The summed E-state index contributed by atoms with van der Waals surface area (Å²) in [7, 11) is 0. The van der Waals surface area contributed by atoms with Crippen LogP contribution in [-0.2, 0) is 19.2 Å². The second kappa shape index (κ2) is 14.8. The van der Waals surface area contributed by atoms with Crippen molar-refractivity contribution in [1.82, 2.24) is 9.80 Å². The van der Waals surface area contributed by atoms with Crippen molar-refractivity contribution in [3.05, 3.63) is 24.3 Å². The van der Waals surface area contributed by atoms with Crippen molar-refractivity contribution in [2.75, 3.05) is 13.1 Å². The highest BCUT2D eigenvalue weighted by Gasteiger charge is 2.39. The third kappa shape index (κ3) is 8.56. The number of imide groups is 2. The van der Waals surface area contributed by atoms with Gasteiger partial charge in [0.25, 0.3) is 0 Å². The molecular weight excluding hydrogens is 416 g/mol. The molecule has 0 N–H and O–H groups in total. The van der Waals surface area contributed by atoms with Crippen molar-refractivity contribution in [3.8, 4) is 0 Å². The Morgan fingerprint density at radius 3 is 1.45 bits per heavy atom. The average molecular weight is 459 g/mol. The Morgan fingerprint density at radius 1 is 0.636 bits per heavy atom. The van der Waals surface area contributed by atoms with Crippen molar-refractivity contribution in [3.63, 3.8) is 0 Å². The number of likely N-dealkylation sites (tertiary alicyclic amines) is 2. The number of nitrogens with zero attached hydrogens (tertiary/aromatic N) is 2. The molecule has 0 aromatic heterocycles. The molecule has 4 amide bonds. The molecule has 0 aromatic rings. The van der Waals surface area contributed by atoms with Gasteiger partial charge in [-0.05, 0) is 44.9 Å². The minimum absolute atomic E-state index is 0.122. The molecule has 33 heavy (non-hydrogen) atoms. The summed E-state index contributed by atoms with van der Waals surface area (Å²) in [6.07, 6.45) is 19.5. The highest BCUT2D eigenvalue weighted by Crippen LogP contribution is 2.25. The van der Waals surface area contributed by atoms with Gasteiger partial charge < -0.3 is 0 Å². The molecule has 2 rings (SSSR count). The van der Waals surface area contributed by atoms with E-state index >= 15 is 0 Å². The predicted molar refractivity (Wildman–Crippen MR) is 130 cm³/mol. The van der Waals surface area contributed by atoms with Crippen molar-refractivity contribution >= 4 is 23.6 Å². The number of carbonyl (C=O) groups excluding carboxylic acids is 4. The molecule has 6 heteroatoms. The van der Waals surface area contributed by atoms with Crippen LogP contribution in [0.3, 0.4) is 0 Å². The summed E-state index contributed by atoms with van der Waals surface area (Å²) < 4.78 is 0. The maximum atomic E-state index is 12.6. The van der Waals surface area contributed by atoms with Crippen molar-refractivity contribution < 1.29 is 19.2 Å². The number of amides is 4. The van der Waals surface area contributed by atoms with Gasteiger partial charge in [0, 0.05) is 25.9 Å². The van der Waals surface area contributed by atoms with E-state index in [2.05, 4.69) is 26.0 Å². The van der Waals surface area contributed by atoms with Crippen LogP contribution in [0.25, 0.3) is 0 Å². The molecule has 0 aliphatic carbocycles. The maximum Gasteiger partial charge on any atom is 0.233 e. The van der Waals surface area contributed by atoms with Crippen molar-refractivity contribution in [2.45, 2.75) is 97.3 Å². The Hall–Kier alpha value is -2.24. The Labute approximate surface area is 199 Å². The van der Waals surface area contributed by atoms with Gasteiger partial charge in [-0.25, -0.2) is 0 Å². The minimum atomic E-state index is -0.275. The van der Waals surface area contributed by atoms with Crippen LogP contribution in [0.5, 0.6) is 0 Å². The fourth-order valence-electron chi connectivity index (χ4n) is 4.51. The second-order valence-electron chi connectivity index (χ2n) is 9.33. The molecule has 2 saturated heterocycles. The van der Waals surface area contributed by atoms with Crippen molar-refractivity contribution in [1.29, 1.82) is 0 Å². The molecule has 2 aliphatic rings. The summed E-state index contributed by atoms with van der Waals surface area (Å²) in [5, 5.41) is 0. The van der Waals surface area contributed by atoms with E-state index < -0.39 is 0 Å². The minimum Gasteiger partial charge on any atom is -0.282 e. The topological polar surface area (TPSA) is 74.8 Å². The molecule has 2 unspecified atom stereocenters. The molecule has 2 fully saturated rings. The Morgan fingerprint density at radius 2 is 1.06 bits per heavy atom. The number of unbranched alkanes of at least 4 members (excludes halogenated alkanes) is 6. The first-order chi connectivity index (χ1) is 16.0. The number of hydrogen-bond acceptors (Lipinski definition) is 4. The summed E-state index contributed by atoms with van der Waals surface area (Å²) in [6, 6.07) is 0. The summed E-state index contributed by atoms with van der Waals surface area (Å²) in [6.45, 7) is 4.88. The van der Waals surface area contributed by atoms with Crippen LogP contribution in [0.2, 0.25) is 0 Å². The van der Waals surface area contributed by atoms with E-state index in [-0.39, 0.29) is 61.4 Å². The number of rotatable bonds is 16. The molecule has 2 heterocycles. The van der Waals surface area contributed by atoms with Gasteiger partial charge in [0.15, 0.2) is 0 Å². The average Bonchev–Trinajstić information content (AvgIpc) is 3.22. The highest BCUT2D eigenvalue weighted by molar-refractivity contribution is 6.04. The van der Waals surface area contributed by atoms with E-state index in [1.54, 1.807) is 0 Å². The number of allylic oxidation sites excluding steroid dienone is 4. The lowest BCUT2D eigenvalue weighted by Gasteiger charge is -2.18. The molecule has 0 spiro atoms. The molecule has 0 radical (unpaired) electrons. The lowest BCUT2D eigenvalue weighted by Crippen LogP contribution is -2.36. The zero-order valence-electron chi connectivity index (χ0n) is 20.6. The van der Waals surface area contributed by atoms with Crippen LogP contribution in [0.4, 0.5) is 0 Å². The standard InChI is InChI=1S/C27H42N2O4/c1-3-5-7-9-11-13-16-22-20-24(30)28(26(22)32)18-15-19-29-25(31)21-23(27(29)33)17-14-12-10-8-6-4-2/h11-14,22-23H,3-10,15-21H2,1-2H3/b13-11+,14-12+. The molecular formula is C27H42N2O4. The lowest BCUT2D eigenvalue weighted by atomic mass is 10.0. The molecule has 2 aliphatic heterocycles. The molecule has 0 aromatic carbocycles. The summed E-state index contributed by atoms with van der Waals surface area (Å²) in [5.41, 5.74) is 0. The van der Waals surface area contributed by atoms with Crippen molar-refractivity contribution in [2.24, 2.45) is 11.8 Å². The first kappa shape index (κ1) is 27.0. The summed E-state index contributed by atoms with van der Waals surface area (Å²) in [5.74, 6) is -1.08. The van der Waals surface area contributed by atoms with Crippen LogP contribution in [-0.4, -0.2) is 46.5 Å². The predicted octanol–water partition coefficient (Wildman–Crippen LogP) is 5.18. The summed E-state index contributed by atoms with van der Waals surface area (Å²) >= 11 is 0. The highest BCUT2D eigenvalue weighted by atomic mass is 16.2. The van der Waals surface area contributed by atoms with Gasteiger partial charge in [-0.2, -0.15) is 0 Å². The SMILES string of the molecule is CCCCC/C=C/CC1CC(=O)N(CCCN2C(=O)CC(C/C=C/CCCCC)C2=O)C1=O.